The van der Waals surface area contributed by atoms with E-state index in [4.69, 9.17) is 10.2 Å². The zero-order chi connectivity index (χ0) is 12.4. The Balaban J connectivity index is 3.46. The third-order valence-electron chi connectivity index (χ3n) is 1.86. The van der Waals surface area contributed by atoms with Crippen LogP contribution in [-0.4, -0.2) is 67.4 Å². The summed E-state index contributed by atoms with van der Waals surface area (Å²) in [6.45, 7) is 0.0192. The molecule has 0 heterocycles. The van der Waals surface area contributed by atoms with Crippen molar-refractivity contribution in [3.63, 3.8) is 0 Å². The molecule has 0 fully saturated rings. The molecule has 0 atom stereocenters. The van der Waals surface area contributed by atoms with E-state index in [2.05, 4.69) is 4.74 Å². The van der Waals surface area contributed by atoms with Crippen molar-refractivity contribution < 1.29 is 28.1 Å². The molecule has 0 aromatic rings. The molecule has 2 N–H and O–H groups in total. The lowest BCUT2D eigenvalue weighted by atomic mass is 10.4. The van der Waals surface area contributed by atoms with E-state index in [-0.39, 0.29) is 19.8 Å². The number of hydrogen-bond donors (Lipinski definition) is 2. The number of alkyl halides is 3. The first-order valence-corrected chi connectivity index (χ1v) is 5.08. The number of aliphatic hydroxyl groups excluding tert-OH is 2. The fourth-order valence-electron chi connectivity index (χ4n) is 1.20. The SMILES string of the molecule is OCCN(CCO)CCCOCC(F)(F)F. The van der Waals surface area contributed by atoms with Gasteiger partial charge in [0.1, 0.15) is 6.61 Å². The van der Waals surface area contributed by atoms with E-state index in [1.165, 1.54) is 0 Å². The van der Waals surface area contributed by atoms with E-state index in [9.17, 15) is 13.2 Å². The van der Waals surface area contributed by atoms with Gasteiger partial charge in [0.15, 0.2) is 0 Å². The van der Waals surface area contributed by atoms with Crippen molar-refractivity contribution >= 4 is 0 Å². The number of ether oxygens (including phenoxy) is 1. The van der Waals surface area contributed by atoms with Crippen LogP contribution in [0.3, 0.4) is 0 Å². The monoisotopic (exact) mass is 245 g/mol. The Hall–Kier alpha value is -0.370. The second-order valence-electron chi connectivity index (χ2n) is 3.31. The minimum atomic E-state index is -4.28. The lowest BCUT2D eigenvalue weighted by Gasteiger charge is -2.19. The maximum absolute atomic E-state index is 11.7. The molecule has 0 saturated carbocycles. The summed E-state index contributed by atoms with van der Waals surface area (Å²) in [7, 11) is 0. The van der Waals surface area contributed by atoms with E-state index in [1.807, 2.05) is 0 Å². The average Bonchev–Trinajstić information content (AvgIpc) is 2.16. The van der Waals surface area contributed by atoms with Gasteiger partial charge in [-0.05, 0) is 6.42 Å². The number of rotatable bonds is 9. The first-order valence-electron chi connectivity index (χ1n) is 5.08. The minimum absolute atomic E-state index is 0.0207. The van der Waals surface area contributed by atoms with Crippen molar-refractivity contribution in [2.24, 2.45) is 0 Å². The first kappa shape index (κ1) is 15.6. The Labute approximate surface area is 92.6 Å². The Morgan fingerprint density at radius 1 is 1.00 bits per heavy atom. The molecule has 0 spiro atoms. The van der Waals surface area contributed by atoms with Crippen LogP contribution < -0.4 is 0 Å². The van der Waals surface area contributed by atoms with Crippen LogP contribution in [0, 0.1) is 0 Å². The van der Waals surface area contributed by atoms with Crippen LogP contribution in [0.5, 0.6) is 0 Å². The lowest BCUT2D eigenvalue weighted by Crippen LogP contribution is -2.31. The summed E-state index contributed by atoms with van der Waals surface area (Å²) >= 11 is 0. The molecule has 0 bridgehead atoms. The van der Waals surface area contributed by atoms with Gasteiger partial charge in [-0.3, -0.25) is 4.90 Å². The van der Waals surface area contributed by atoms with Gasteiger partial charge in [0.2, 0.25) is 0 Å². The molecule has 0 amide bonds. The van der Waals surface area contributed by atoms with E-state index in [0.717, 1.165) is 0 Å². The molecule has 0 unspecified atom stereocenters. The zero-order valence-corrected chi connectivity index (χ0v) is 9.04. The van der Waals surface area contributed by atoms with E-state index < -0.39 is 12.8 Å². The molecular formula is C9H18F3NO3. The van der Waals surface area contributed by atoms with Gasteiger partial charge in [0.25, 0.3) is 0 Å². The molecule has 98 valence electrons. The average molecular weight is 245 g/mol. The van der Waals surface area contributed by atoms with Crippen molar-refractivity contribution in [1.29, 1.82) is 0 Å². The summed E-state index contributed by atoms with van der Waals surface area (Å²) in [5.41, 5.74) is 0. The largest absolute Gasteiger partial charge is 0.411 e. The topological polar surface area (TPSA) is 52.9 Å². The highest BCUT2D eigenvalue weighted by atomic mass is 19.4. The summed E-state index contributed by atoms with van der Waals surface area (Å²) in [6.07, 6.45) is -3.84. The first-order chi connectivity index (χ1) is 7.49. The van der Waals surface area contributed by atoms with Crippen molar-refractivity contribution in [1.82, 2.24) is 4.90 Å². The molecule has 4 nitrogen and oxygen atoms in total. The molecule has 0 aliphatic carbocycles. The highest BCUT2D eigenvalue weighted by Gasteiger charge is 2.27. The molecule has 7 heteroatoms. The molecule has 0 aromatic carbocycles. The number of halogens is 3. The van der Waals surface area contributed by atoms with Gasteiger partial charge in [-0.2, -0.15) is 13.2 Å². The number of hydrogen-bond acceptors (Lipinski definition) is 4. The summed E-state index contributed by atoms with van der Waals surface area (Å²) in [6, 6.07) is 0. The van der Waals surface area contributed by atoms with Crippen molar-refractivity contribution in [2.45, 2.75) is 12.6 Å². The van der Waals surface area contributed by atoms with Crippen molar-refractivity contribution in [2.75, 3.05) is 46.1 Å². The second kappa shape index (κ2) is 8.74. The summed E-state index contributed by atoms with van der Waals surface area (Å²) < 4.78 is 39.5. The zero-order valence-electron chi connectivity index (χ0n) is 9.04. The lowest BCUT2D eigenvalue weighted by molar-refractivity contribution is -0.174. The number of aliphatic hydroxyl groups is 2. The van der Waals surface area contributed by atoms with Gasteiger partial charge in [-0.15, -0.1) is 0 Å². The molecule has 0 aliphatic rings. The summed E-state index contributed by atoms with van der Waals surface area (Å²) in [5.74, 6) is 0. The Morgan fingerprint density at radius 3 is 2.00 bits per heavy atom. The molecule has 16 heavy (non-hydrogen) atoms. The Kier molecular flexibility index (Phi) is 8.54. The van der Waals surface area contributed by atoms with Gasteiger partial charge in [0.05, 0.1) is 13.2 Å². The minimum Gasteiger partial charge on any atom is -0.395 e. The van der Waals surface area contributed by atoms with Gasteiger partial charge in [-0.25, -0.2) is 0 Å². The Morgan fingerprint density at radius 2 is 1.56 bits per heavy atom. The fraction of sp³-hybridized carbons (Fsp3) is 1.00. The normalized spacial score (nSPS) is 12.4. The maximum atomic E-state index is 11.7. The third kappa shape index (κ3) is 10.2. The van der Waals surface area contributed by atoms with Gasteiger partial charge < -0.3 is 14.9 Å². The summed E-state index contributed by atoms with van der Waals surface area (Å²) in [5, 5.41) is 17.3. The fourth-order valence-corrected chi connectivity index (χ4v) is 1.20. The molecule has 0 radical (unpaired) electrons. The van der Waals surface area contributed by atoms with Crippen LogP contribution >= 0.6 is 0 Å². The van der Waals surface area contributed by atoms with Crippen LogP contribution in [0.1, 0.15) is 6.42 Å². The molecule has 0 aliphatic heterocycles. The smallest absolute Gasteiger partial charge is 0.395 e. The van der Waals surface area contributed by atoms with Crippen LogP contribution in [-0.2, 0) is 4.74 Å². The third-order valence-corrected chi connectivity index (χ3v) is 1.86. The van der Waals surface area contributed by atoms with Gasteiger partial charge >= 0.3 is 6.18 Å². The predicted molar refractivity (Wildman–Crippen MR) is 52.1 cm³/mol. The molecule has 0 rings (SSSR count). The highest BCUT2D eigenvalue weighted by Crippen LogP contribution is 2.14. The second-order valence-corrected chi connectivity index (χ2v) is 3.31. The van der Waals surface area contributed by atoms with Crippen molar-refractivity contribution in [3.8, 4) is 0 Å². The quantitative estimate of drug-likeness (QED) is 0.571. The van der Waals surface area contributed by atoms with Crippen LogP contribution in [0.25, 0.3) is 0 Å². The standard InChI is InChI=1S/C9H18F3NO3/c10-9(11,12)8-16-7-1-2-13(3-5-14)4-6-15/h14-15H,1-8H2. The van der Waals surface area contributed by atoms with Gasteiger partial charge in [-0.1, -0.05) is 0 Å². The molecule has 0 aromatic heterocycles. The predicted octanol–water partition coefficient (Wildman–Crippen LogP) is 0.242. The van der Waals surface area contributed by atoms with Crippen LogP contribution in [0.15, 0.2) is 0 Å². The van der Waals surface area contributed by atoms with Gasteiger partial charge in [0, 0.05) is 26.2 Å². The maximum Gasteiger partial charge on any atom is 0.411 e. The van der Waals surface area contributed by atoms with E-state index in [1.54, 1.807) is 4.90 Å². The van der Waals surface area contributed by atoms with Crippen LogP contribution in [0.2, 0.25) is 0 Å². The van der Waals surface area contributed by atoms with Crippen molar-refractivity contribution in [3.05, 3.63) is 0 Å². The Bertz CT molecular complexity index is 161. The number of nitrogens with zero attached hydrogens (tertiary/aromatic N) is 1. The highest BCUT2D eigenvalue weighted by molar-refractivity contribution is 4.56. The van der Waals surface area contributed by atoms with E-state index >= 15 is 0 Å². The molecule has 0 saturated heterocycles. The summed E-state index contributed by atoms with van der Waals surface area (Å²) in [4.78, 5) is 1.76. The molecular weight excluding hydrogens is 227 g/mol. The van der Waals surface area contributed by atoms with Crippen LogP contribution in [0.4, 0.5) is 13.2 Å². The van der Waals surface area contributed by atoms with E-state index in [0.29, 0.717) is 26.1 Å².